The summed E-state index contributed by atoms with van der Waals surface area (Å²) in [5, 5.41) is 11.2. The normalized spacial score (nSPS) is 13.6. The maximum Gasteiger partial charge on any atom is 0.251 e. The van der Waals surface area contributed by atoms with Crippen molar-refractivity contribution in [1.82, 2.24) is 19.9 Å². The Morgan fingerprint density at radius 3 is 2.37 bits per heavy atom. The lowest BCUT2D eigenvalue weighted by atomic mass is 10.0. The molecule has 11 nitrogen and oxygen atoms in total. The molecule has 43 heavy (non-hydrogen) atoms. The zero-order valence-electron chi connectivity index (χ0n) is 22.6. The summed E-state index contributed by atoms with van der Waals surface area (Å²) in [7, 11) is 0. The SMILES string of the molecule is O=C(Nc1ccc2c(c1)OCO2)C(c1ccc2c(c1)OCO2)N(Cc1ccccc1F)C(=O)Cn1nnc2ccccc21. The van der Waals surface area contributed by atoms with Crippen LogP contribution in [0.1, 0.15) is 17.2 Å². The topological polar surface area (TPSA) is 117 Å². The number of aromatic nitrogens is 3. The van der Waals surface area contributed by atoms with E-state index in [2.05, 4.69) is 15.6 Å². The van der Waals surface area contributed by atoms with Crippen LogP contribution in [-0.4, -0.2) is 45.3 Å². The predicted octanol–water partition coefficient (Wildman–Crippen LogP) is 4.44. The van der Waals surface area contributed by atoms with Gasteiger partial charge in [-0.3, -0.25) is 9.59 Å². The van der Waals surface area contributed by atoms with E-state index in [4.69, 9.17) is 18.9 Å². The molecule has 0 spiro atoms. The summed E-state index contributed by atoms with van der Waals surface area (Å²) in [6.45, 7) is -0.336. The Kier molecular flexibility index (Phi) is 6.70. The predicted molar refractivity (Wildman–Crippen MR) is 151 cm³/mol. The highest BCUT2D eigenvalue weighted by Gasteiger charge is 2.34. The standard InChI is InChI=1S/C31H24FN5O6/c32-22-6-2-1-5-20(22)15-36(29(38)16-37-24-8-4-3-7-23(24)34-35-37)30(19-9-11-25-27(13-19)42-17-40-25)31(39)33-21-10-12-26-28(14-21)43-18-41-26/h1-14,30H,15-18H2,(H,33,39). The molecule has 1 N–H and O–H groups in total. The number of halogens is 1. The number of carbonyl (C=O) groups is 2. The van der Waals surface area contributed by atoms with Gasteiger partial charge in [0.1, 0.15) is 23.9 Å². The number of anilines is 1. The summed E-state index contributed by atoms with van der Waals surface area (Å²) in [6.07, 6.45) is 0. The molecule has 2 aliphatic rings. The van der Waals surface area contributed by atoms with Crippen molar-refractivity contribution < 1.29 is 32.9 Å². The molecule has 0 aliphatic carbocycles. The molecule has 0 fully saturated rings. The van der Waals surface area contributed by atoms with Gasteiger partial charge in [-0.2, -0.15) is 0 Å². The van der Waals surface area contributed by atoms with Crippen LogP contribution in [0.15, 0.2) is 84.9 Å². The smallest absolute Gasteiger partial charge is 0.251 e. The second-order valence-corrected chi connectivity index (χ2v) is 9.92. The quantitative estimate of drug-likeness (QED) is 0.286. The number of amides is 2. The molecule has 216 valence electrons. The molecule has 0 radical (unpaired) electrons. The second-order valence-electron chi connectivity index (χ2n) is 9.92. The molecule has 2 amide bonds. The largest absolute Gasteiger partial charge is 0.454 e. The summed E-state index contributed by atoms with van der Waals surface area (Å²) in [5.74, 6) is 0.454. The summed E-state index contributed by atoms with van der Waals surface area (Å²) >= 11 is 0. The van der Waals surface area contributed by atoms with E-state index in [0.717, 1.165) is 0 Å². The molecular formula is C31H24FN5O6. The van der Waals surface area contributed by atoms with E-state index in [1.54, 1.807) is 66.7 Å². The van der Waals surface area contributed by atoms with Gasteiger partial charge < -0.3 is 29.2 Å². The minimum absolute atomic E-state index is 0.0318. The molecule has 1 atom stereocenters. The number of hydrogen-bond donors (Lipinski definition) is 1. The first-order chi connectivity index (χ1) is 21.0. The number of para-hydroxylation sites is 1. The van der Waals surface area contributed by atoms with Crippen molar-refractivity contribution in [3.63, 3.8) is 0 Å². The van der Waals surface area contributed by atoms with E-state index >= 15 is 0 Å². The molecule has 2 aliphatic heterocycles. The number of carbonyl (C=O) groups excluding carboxylic acids is 2. The maximum atomic E-state index is 15.0. The van der Waals surface area contributed by atoms with Crippen molar-refractivity contribution in [3.05, 3.63) is 102 Å². The van der Waals surface area contributed by atoms with Crippen LogP contribution in [0.2, 0.25) is 0 Å². The van der Waals surface area contributed by atoms with Crippen LogP contribution in [0, 0.1) is 5.82 Å². The molecule has 0 bridgehead atoms. The number of fused-ring (bicyclic) bond motifs is 3. The fourth-order valence-corrected chi connectivity index (χ4v) is 5.13. The van der Waals surface area contributed by atoms with Gasteiger partial charge in [-0.05, 0) is 48.0 Å². The van der Waals surface area contributed by atoms with Gasteiger partial charge in [0, 0.05) is 23.9 Å². The van der Waals surface area contributed by atoms with E-state index in [1.165, 1.54) is 15.6 Å². The lowest BCUT2D eigenvalue weighted by molar-refractivity contribution is -0.140. The Bertz CT molecular complexity index is 1860. The molecule has 12 heteroatoms. The number of ether oxygens (including phenoxy) is 4. The molecule has 7 rings (SSSR count). The van der Waals surface area contributed by atoms with Crippen molar-refractivity contribution >= 4 is 28.5 Å². The first-order valence-corrected chi connectivity index (χ1v) is 13.4. The summed E-state index contributed by atoms with van der Waals surface area (Å²) in [4.78, 5) is 29.7. The van der Waals surface area contributed by atoms with Gasteiger partial charge in [-0.1, -0.05) is 41.6 Å². The Hall–Kier alpha value is -5.65. The van der Waals surface area contributed by atoms with Gasteiger partial charge in [0.05, 0.1) is 5.52 Å². The fraction of sp³-hybridized carbons (Fsp3) is 0.161. The number of hydrogen-bond acceptors (Lipinski definition) is 8. The average Bonchev–Trinajstić information content (AvgIpc) is 3.77. The van der Waals surface area contributed by atoms with E-state index in [9.17, 15) is 14.0 Å². The fourth-order valence-electron chi connectivity index (χ4n) is 5.13. The number of nitrogens with one attached hydrogen (secondary N) is 1. The molecule has 0 saturated heterocycles. The summed E-state index contributed by atoms with van der Waals surface area (Å²) in [5.41, 5.74) is 2.37. The minimum atomic E-state index is -1.21. The third kappa shape index (κ3) is 5.14. The molecule has 5 aromatic rings. The zero-order chi connectivity index (χ0) is 29.3. The molecule has 4 aromatic carbocycles. The Labute approximate surface area is 244 Å². The van der Waals surface area contributed by atoms with Gasteiger partial charge in [0.2, 0.25) is 19.5 Å². The van der Waals surface area contributed by atoms with Crippen LogP contribution in [0.25, 0.3) is 11.0 Å². The van der Waals surface area contributed by atoms with Gasteiger partial charge >= 0.3 is 0 Å². The van der Waals surface area contributed by atoms with Crippen LogP contribution in [0.5, 0.6) is 23.0 Å². The zero-order valence-corrected chi connectivity index (χ0v) is 22.6. The van der Waals surface area contributed by atoms with E-state index in [-0.39, 0.29) is 32.2 Å². The van der Waals surface area contributed by atoms with E-state index in [0.29, 0.717) is 45.3 Å². The Morgan fingerprint density at radius 1 is 0.860 bits per heavy atom. The van der Waals surface area contributed by atoms with Gasteiger partial charge in [-0.25, -0.2) is 9.07 Å². The molecular weight excluding hydrogens is 557 g/mol. The highest BCUT2D eigenvalue weighted by Crippen LogP contribution is 2.38. The average molecular weight is 582 g/mol. The number of nitrogens with zero attached hydrogens (tertiary/aromatic N) is 4. The third-order valence-electron chi connectivity index (χ3n) is 7.24. The summed E-state index contributed by atoms with van der Waals surface area (Å²) < 4.78 is 38.3. The number of rotatable bonds is 8. The summed E-state index contributed by atoms with van der Waals surface area (Å²) in [6, 6.07) is 22.2. The van der Waals surface area contributed by atoms with Crippen molar-refractivity contribution in [3.8, 4) is 23.0 Å². The van der Waals surface area contributed by atoms with E-state index in [1.807, 2.05) is 12.1 Å². The monoisotopic (exact) mass is 581 g/mol. The van der Waals surface area contributed by atoms with Crippen LogP contribution < -0.4 is 24.3 Å². The van der Waals surface area contributed by atoms with Crippen molar-refractivity contribution in [2.45, 2.75) is 19.1 Å². The van der Waals surface area contributed by atoms with Crippen molar-refractivity contribution in [1.29, 1.82) is 0 Å². The number of benzene rings is 4. The Balaban J connectivity index is 1.29. The molecule has 1 unspecified atom stereocenters. The van der Waals surface area contributed by atoms with Gasteiger partial charge in [-0.15, -0.1) is 5.10 Å². The lowest BCUT2D eigenvalue weighted by Gasteiger charge is -2.32. The van der Waals surface area contributed by atoms with Crippen molar-refractivity contribution in [2.75, 3.05) is 18.9 Å². The molecule has 0 saturated carbocycles. The molecule has 1 aromatic heterocycles. The second kappa shape index (κ2) is 11.0. The minimum Gasteiger partial charge on any atom is -0.454 e. The first-order valence-electron chi connectivity index (χ1n) is 13.4. The van der Waals surface area contributed by atoms with Crippen molar-refractivity contribution in [2.24, 2.45) is 0 Å². The lowest BCUT2D eigenvalue weighted by Crippen LogP contribution is -2.42. The van der Waals surface area contributed by atoms with Crippen LogP contribution in [-0.2, 0) is 22.7 Å². The molecule has 3 heterocycles. The first kappa shape index (κ1) is 26.3. The Morgan fingerprint density at radius 2 is 1.56 bits per heavy atom. The van der Waals surface area contributed by atoms with E-state index < -0.39 is 23.7 Å². The van der Waals surface area contributed by atoms with Crippen LogP contribution in [0.4, 0.5) is 10.1 Å². The highest BCUT2D eigenvalue weighted by molar-refractivity contribution is 5.98. The maximum absolute atomic E-state index is 15.0. The highest BCUT2D eigenvalue weighted by atomic mass is 19.1. The van der Waals surface area contributed by atoms with Crippen LogP contribution >= 0.6 is 0 Å². The van der Waals surface area contributed by atoms with Gasteiger partial charge in [0.25, 0.3) is 5.91 Å². The van der Waals surface area contributed by atoms with Gasteiger partial charge in [0.15, 0.2) is 23.0 Å². The van der Waals surface area contributed by atoms with Crippen LogP contribution in [0.3, 0.4) is 0 Å². The third-order valence-corrected chi connectivity index (χ3v) is 7.24.